The predicted molar refractivity (Wildman–Crippen MR) is 129 cm³/mol. The molecule has 0 bridgehead atoms. The van der Waals surface area contributed by atoms with Gasteiger partial charge in [0.15, 0.2) is 0 Å². The Bertz CT molecular complexity index is 962. The van der Waals surface area contributed by atoms with Crippen LogP contribution in [0.5, 0.6) is 0 Å². The van der Waals surface area contributed by atoms with Gasteiger partial charge in [0, 0.05) is 11.1 Å². The maximum absolute atomic E-state index is 13.7. The molecule has 0 unspecified atom stereocenters. The summed E-state index contributed by atoms with van der Waals surface area (Å²) < 4.78 is 0. The Hall–Kier alpha value is -2.64. The lowest BCUT2D eigenvalue weighted by Crippen LogP contribution is -2.56. The van der Waals surface area contributed by atoms with E-state index in [1.165, 1.54) is 5.01 Å². The van der Waals surface area contributed by atoms with Crippen molar-refractivity contribution in [3.63, 3.8) is 0 Å². The van der Waals surface area contributed by atoms with Gasteiger partial charge in [-0.3, -0.25) is 15.0 Å². The molecule has 0 saturated heterocycles. The first kappa shape index (κ1) is 25.6. The van der Waals surface area contributed by atoms with Crippen LogP contribution in [-0.4, -0.2) is 40.0 Å². The topological polar surface area (TPSA) is 89.9 Å². The minimum Gasteiger partial charge on any atom is -0.423 e. The molecule has 2 rings (SSSR count). The van der Waals surface area contributed by atoms with Crippen LogP contribution in [0.25, 0.3) is 0 Å². The van der Waals surface area contributed by atoms with Crippen LogP contribution in [0.3, 0.4) is 0 Å². The Labute approximate surface area is 191 Å². The number of rotatable bonds is 6. The number of amides is 2. The van der Waals surface area contributed by atoms with Gasteiger partial charge in [-0.05, 0) is 61.8 Å². The lowest BCUT2D eigenvalue weighted by Gasteiger charge is -2.40. The van der Waals surface area contributed by atoms with Gasteiger partial charge in [-0.25, -0.2) is 5.01 Å². The summed E-state index contributed by atoms with van der Waals surface area (Å²) in [7, 11) is -1.68. The highest BCUT2D eigenvalue weighted by molar-refractivity contribution is 6.59. The van der Waals surface area contributed by atoms with E-state index >= 15 is 0 Å². The van der Waals surface area contributed by atoms with Crippen molar-refractivity contribution < 1.29 is 19.6 Å². The number of carbonyl (C=O) groups is 2. The number of hydrazine groups is 1. The molecule has 0 aromatic heterocycles. The van der Waals surface area contributed by atoms with E-state index in [1.807, 2.05) is 32.0 Å². The van der Waals surface area contributed by atoms with Crippen molar-refractivity contribution in [2.45, 2.75) is 67.3 Å². The molecule has 0 aliphatic carbocycles. The minimum absolute atomic E-state index is 0.239. The fourth-order valence-electron chi connectivity index (χ4n) is 4.08. The van der Waals surface area contributed by atoms with Crippen molar-refractivity contribution in [2.75, 3.05) is 0 Å². The molecule has 0 heterocycles. The van der Waals surface area contributed by atoms with Crippen LogP contribution >= 0.6 is 0 Å². The fraction of sp³-hybridized carbons (Fsp3) is 0.440. The van der Waals surface area contributed by atoms with Gasteiger partial charge in [0.25, 0.3) is 11.8 Å². The Morgan fingerprint density at radius 3 is 2.16 bits per heavy atom. The van der Waals surface area contributed by atoms with Gasteiger partial charge in [-0.1, -0.05) is 63.4 Å². The summed E-state index contributed by atoms with van der Waals surface area (Å²) in [6.07, 6.45) is 1.56. The number of nitrogens with one attached hydrogen (secondary N) is 1. The molecule has 2 aromatic rings. The molecular weight excluding hydrogens is 403 g/mol. The van der Waals surface area contributed by atoms with Gasteiger partial charge in [0.1, 0.15) is 0 Å². The Morgan fingerprint density at radius 1 is 1.06 bits per heavy atom. The third-order valence-corrected chi connectivity index (χ3v) is 5.68. The molecule has 172 valence electrons. The lowest BCUT2D eigenvalue weighted by molar-refractivity contribution is 0.0271. The fourth-order valence-corrected chi connectivity index (χ4v) is 4.08. The first-order valence-corrected chi connectivity index (χ1v) is 11.0. The van der Waals surface area contributed by atoms with E-state index in [9.17, 15) is 19.6 Å². The third-order valence-electron chi connectivity index (χ3n) is 5.68. The number of carbonyl (C=O) groups excluding carboxylic acids is 2. The van der Waals surface area contributed by atoms with Gasteiger partial charge in [-0.15, -0.1) is 0 Å². The SMILES string of the molecule is CCC[C@@H](N(NC(=O)c1cccc(B(O)O)c1C)C(=O)c1cc(C)cc(C)c1)C(C)(C)C. The van der Waals surface area contributed by atoms with E-state index in [1.54, 1.807) is 25.1 Å². The lowest BCUT2D eigenvalue weighted by atomic mass is 9.76. The number of hydrogen-bond donors (Lipinski definition) is 3. The van der Waals surface area contributed by atoms with E-state index in [0.29, 0.717) is 17.5 Å². The molecular formula is C25H35BN2O4. The highest BCUT2D eigenvalue weighted by Crippen LogP contribution is 2.29. The number of hydrogen-bond acceptors (Lipinski definition) is 4. The summed E-state index contributed by atoms with van der Waals surface area (Å²) in [6.45, 7) is 13.7. The van der Waals surface area contributed by atoms with Crippen LogP contribution in [0.4, 0.5) is 0 Å². The van der Waals surface area contributed by atoms with Crippen LogP contribution in [0, 0.1) is 26.2 Å². The monoisotopic (exact) mass is 438 g/mol. The Balaban J connectivity index is 2.53. The molecule has 0 radical (unpaired) electrons. The molecule has 2 amide bonds. The van der Waals surface area contributed by atoms with Gasteiger partial charge in [-0.2, -0.15) is 0 Å². The molecule has 0 fully saturated rings. The van der Waals surface area contributed by atoms with Crippen molar-refractivity contribution in [1.82, 2.24) is 10.4 Å². The summed E-state index contributed by atoms with van der Waals surface area (Å²) in [5.74, 6) is -0.734. The highest BCUT2D eigenvalue weighted by Gasteiger charge is 2.35. The van der Waals surface area contributed by atoms with Crippen LogP contribution < -0.4 is 10.9 Å². The van der Waals surface area contributed by atoms with Crippen LogP contribution in [-0.2, 0) is 0 Å². The summed E-state index contributed by atoms with van der Waals surface area (Å²) >= 11 is 0. The maximum Gasteiger partial charge on any atom is 0.488 e. The molecule has 3 N–H and O–H groups in total. The quantitative estimate of drug-likeness (QED) is 0.477. The zero-order valence-corrected chi connectivity index (χ0v) is 20.2. The first-order chi connectivity index (χ1) is 14.9. The molecule has 2 aromatic carbocycles. The summed E-state index contributed by atoms with van der Waals surface area (Å²) in [6, 6.07) is 10.2. The van der Waals surface area contributed by atoms with Gasteiger partial charge >= 0.3 is 7.12 Å². The van der Waals surface area contributed by atoms with E-state index in [0.717, 1.165) is 17.5 Å². The van der Waals surface area contributed by atoms with Crippen molar-refractivity contribution in [2.24, 2.45) is 5.41 Å². The van der Waals surface area contributed by atoms with Crippen molar-refractivity contribution >= 4 is 24.4 Å². The maximum atomic E-state index is 13.7. The summed E-state index contributed by atoms with van der Waals surface area (Å²) in [5, 5.41) is 20.7. The second kappa shape index (κ2) is 10.3. The van der Waals surface area contributed by atoms with E-state index in [2.05, 4.69) is 33.1 Å². The number of aryl methyl sites for hydroxylation is 2. The molecule has 0 saturated carbocycles. The molecule has 6 nitrogen and oxygen atoms in total. The average molecular weight is 438 g/mol. The van der Waals surface area contributed by atoms with Crippen LogP contribution in [0.2, 0.25) is 0 Å². The van der Waals surface area contributed by atoms with E-state index in [-0.39, 0.29) is 28.4 Å². The van der Waals surface area contributed by atoms with Crippen LogP contribution in [0.15, 0.2) is 36.4 Å². The van der Waals surface area contributed by atoms with Crippen molar-refractivity contribution in [3.8, 4) is 0 Å². The standard InChI is InChI=1S/C25H35BN2O4/c1-8-10-22(25(5,6)7)28(24(30)19-14-16(2)13-17(3)15-19)27-23(29)20-11-9-12-21(18(20)4)26(31)32/h9,11-15,22,31-32H,8,10H2,1-7H3,(H,27,29)/t22-/m1/s1. The Morgan fingerprint density at radius 2 is 1.66 bits per heavy atom. The van der Waals surface area contributed by atoms with Crippen molar-refractivity contribution in [1.29, 1.82) is 0 Å². The predicted octanol–water partition coefficient (Wildman–Crippen LogP) is 3.29. The smallest absolute Gasteiger partial charge is 0.423 e. The number of benzene rings is 2. The molecule has 0 aliphatic rings. The van der Waals surface area contributed by atoms with Gasteiger partial charge < -0.3 is 10.0 Å². The summed E-state index contributed by atoms with van der Waals surface area (Å²) in [4.78, 5) is 27.0. The normalized spacial score (nSPS) is 12.3. The highest BCUT2D eigenvalue weighted by atomic mass is 16.4. The zero-order chi connectivity index (χ0) is 24.2. The van der Waals surface area contributed by atoms with Crippen molar-refractivity contribution in [3.05, 3.63) is 64.2 Å². The molecule has 1 atom stereocenters. The average Bonchev–Trinajstić information content (AvgIpc) is 2.68. The molecule has 7 heteroatoms. The largest absolute Gasteiger partial charge is 0.488 e. The zero-order valence-electron chi connectivity index (χ0n) is 20.2. The summed E-state index contributed by atoms with van der Waals surface area (Å²) in [5.41, 5.74) is 6.04. The van der Waals surface area contributed by atoms with E-state index in [4.69, 9.17) is 0 Å². The van der Waals surface area contributed by atoms with Crippen LogP contribution in [0.1, 0.15) is 77.9 Å². The van der Waals surface area contributed by atoms with E-state index < -0.39 is 13.0 Å². The minimum atomic E-state index is -1.68. The molecule has 0 aliphatic heterocycles. The second-order valence-corrected chi connectivity index (χ2v) is 9.56. The van der Waals surface area contributed by atoms with Gasteiger partial charge in [0.05, 0.1) is 6.04 Å². The molecule has 0 spiro atoms. The number of nitrogens with zero attached hydrogens (tertiary/aromatic N) is 1. The Kier molecular flexibility index (Phi) is 8.26. The molecule has 32 heavy (non-hydrogen) atoms. The third kappa shape index (κ3) is 5.99. The first-order valence-electron chi connectivity index (χ1n) is 11.0. The second-order valence-electron chi connectivity index (χ2n) is 9.56. The van der Waals surface area contributed by atoms with Gasteiger partial charge in [0.2, 0.25) is 0 Å².